The van der Waals surface area contributed by atoms with Crippen LogP contribution >= 0.6 is 0 Å². The van der Waals surface area contributed by atoms with Gasteiger partial charge in [-0.15, -0.1) is 0 Å². The number of hydrogen-bond acceptors (Lipinski definition) is 3. The Labute approximate surface area is 124 Å². The molecule has 0 fully saturated rings. The molecule has 2 aromatic rings. The molecule has 0 saturated heterocycles. The van der Waals surface area contributed by atoms with Gasteiger partial charge in [0.15, 0.2) is 0 Å². The molecule has 0 aliphatic heterocycles. The number of rotatable bonds is 5. The third-order valence-corrected chi connectivity index (χ3v) is 3.03. The second-order valence-electron chi connectivity index (χ2n) is 4.86. The fraction of sp³-hybridized carbons (Fsp3) is 0.176. The Balaban J connectivity index is 1.91. The van der Waals surface area contributed by atoms with Crippen molar-refractivity contribution in [3.63, 3.8) is 0 Å². The van der Waals surface area contributed by atoms with Crippen molar-refractivity contribution in [2.75, 3.05) is 18.9 Å². The highest BCUT2D eigenvalue weighted by Crippen LogP contribution is 2.13. The molecule has 0 saturated carbocycles. The number of benzene rings is 2. The van der Waals surface area contributed by atoms with E-state index in [9.17, 15) is 4.79 Å². The summed E-state index contributed by atoms with van der Waals surface area (Å²) in [5.41, 5.74) is 2.18. The van der Waals surface area contributed by atoms with Gasteiger partial charge >= 0.3 is 0 Å². The zero-order valence-corrected chi connectivity index (χ0v) is 11.9. The summed E-state index contributed by atoms with van der Waals surface area (Å²) < 4.78 is 0. The quantitative estimate of drug-likeness (QED) is 0.915. The summed E-state index contributed by atoms with van der Waals surface area (Å²) in [5.74, 6) is -0.129. The van der Waals surface area contributed by atoms with Gasteiger partial charge in [0.2, 0.25) is 5.91 Å². The van der Waals surface area contributed by atoms with Crippen LogP contribution in [0.1, 0.15) is 11.1 Å². The topological polar surface area (TPSA) is 56.1 Å². The van der Waals surface area contributed by atoms with E-state index < -0.39 is 0 Å². The summed E-state index contributed by atoms with van der Waals surface area (Å²) >= 11 is 0. The van der Waals surface area contributed by atoms with Gasteiger partial charge < -0.3 is 5.32 Å². The van der Waals surface area contributed by atoms with Gasteiger partial charge in [0.05, 0.1) is 17.8 Å². The molecular formula is C17H17N3O. The first kappa shape index (κ1) is 14.8. The van der Waals surface area contributed by atoms with Crippen LogP contribution in [0.4, 0.5) is 5.69 Å². The summed E-state index contributed by atoms with van der Waals surface area (Å²) in [6, 6.07) is 19.0. The van der Waals surface area contributed by atoms with E-state index in [-0.39, 0.29) is 12.5 Å². The minimum atomic E-state index is -0.129. The Hall–Kier alpha value is -2.64. The molecule has 4 nitrogen and oxygen atoms in total. The van der Waals surface area contributed by atoms with Crippen LogP contribution in [0.15, 0.2) is 54.6 Å². The van der Waals surface area contributed by atoms with Crippen molar-refractivity contribution in [3.8, 4) is 6.07 Å². The predicted molar refractivity (Wildman–Crippen MR) is 82.6 cm³/mol. The van der Waals surface area contributed by atoms with Gasteiger partial charge in [0, 0.05) is 6.54 Å². The largest absolute Gasteiger partial charge is 0.324 e. The van der Waals surface area contributed by atoms with E-state index in [1.165, 1.54) is 0 Å². The van der Waals surface area contributed by atoms with Crippen molar-refractivity contribution in [3.05, 3.63) is 65.7 Å². The van der Waals surface area contributed by atoms with Crippen molar-refractivity contribution < 1.29 is 4.79 Å². The fourth-order valence-corrected chi connectivity index (χ4v) is 2.08. The molecule has 0 atom stereocenters. The average molecular weight is 279 g/mol. The molecule has 4 heteroatoms. The first-order chi connectivity index (χ1) is 10.2. The summed E-state index contributed by atoms with van der Waals surface area (Å²) in [6.45, 7) is 0.975. The van der Waals surface area contributed by atoms with Crippen LogP contribution in [0.2, 0.25) is 0 Å². The molecule has 2 rings (SSSR count). The zero-order chi connectivity index (χ0) is 15.1. The number of para-hydroxylation sites is 1. The third kappa shape index (κ3) is 4.44. The van der Waals surface area contributed by atoms with E-state index in [4.69, 9.17) is 5.26 Å². The molecular weight excluding hydrogens is 262 g/mol. The normalized spacial score (nSPS) is 10.1. The highest BCUT2D eigenvalue weighted by Gasteiger charge is 2.09. The minimum absolute atomic E-state index is 0.129. The van der Waals surface area contributed by atoms with Crippen molar-refractivity contribution in [2.45, 2.75) is 6.54 Å². The van der Waals surface area contributed by atoms with Crippen LogP contribution in [0, 0.1) is 11.3 Å². The predicted octanol–water partition coefficient (Wildman–Crippen LogP) is 2.63. The van der Waals surface area contributed by atoms with Crippen LogP contribution in [-0.2, 0) is 11.3 Å². The van der Waals surface area contributed by atoms with Crippen molar-refractivity contribution in [2.24, 2.45) is 0 Å². The molecule has 0 heterocycles. The number of nitrogens with zero attached hydrogens (tertiary/aromatic N) is 2. The van der Waals surface area contributed by atoms with Crippen LogP contribution in [0.3, 0.4) is 0 Å². The summed E-state index contributed by atoms with van der Waals surface area (Å²) in [7, 11) is 1.89. The second-order valence-corrected chi connectivity index (χ2v) is 4.86. The van der Waals surface area contributed by atoms with Gasteiger partial charge in [-0.25, -0.2) is 0 Å². The van der Waals surface area contributed by atoms with Gasteiger partial charge in [-0.1, -0.05) is 42.5 Å². The Morgan fingerprint density at radius 1 is 1.14 bits per heavy atom. The third-order valence-electron chi connectivity index (χ3n) is 3.03. The van der Waals surface area contributed by atoms with E-state index in [0.717, 1.165) is 5.56 Å². The molecule has 106 valence electrons. The number of carbonyl (C=O) groups is 1. The molecule has 0 aliphatic carbocycles. The van der Waals surface area contributed by atoms with E-state index >= 15 is 0 Å². The first-order valence-corrected chi connectivity index (χ1v) is 6.70. The van der Waals surface area contributed by atoms with Gasteiger partial charge in [0.1, 0.15) is 6.07 Å². The summed E-state index contributed by atoms with van der Waals surface area (Å²) in [4.78, 5) is 13.9. The average Bonchev–Trinajstić information content (AvgIpc) is 2.48. The van der Waals surface area contributed by atoms with E-state index in [0.29, 0.717) is 17.8 Å². The number of carbonyl (C=O) groups excluding carboxylic acids is 1. The van der Waals surface area contributed by atoms with Crippen molar-refractivity contribution >= 4 is 11.6 Å². The molecule has 0 aliphatic rings. The van der Waals surface area contributed by atoms with E-state index in [1.807, 2.05) is 42.3 Å². The van der Waals surface area contributed by atoms with Crippen LogP contribution in [0.5, 0.6) is 0 Å². The molecule has 21 heavy (non-hydrogen) atoms. The van der Waals surface area contributed by atoms with Crippen LogP contribution in [-0.4, -0.2) is 24.4 Å². The SMILES string of the molecule is CN(CC(=O)Nc1ccccc1C#N)Cc1ccccc1. The molecule has 1 amide bonds. The number of anilines is 1. The van der Waals surface area contributed by atoms with E-state index in [2.05, 4.69) is 11.4 Å². The summed E-state index contributed by atoms with van der Waals surface area (Å²) in [6.07, 6.45) is 0. The molecule has 0 bridgehead atoms. The number of nitriles is 1. The maximum atomic E-state index is 12.0. The smallest absolute Gasteiger partial charge is 0.238 e. The summed E-state index contributed by atoms with van der Waals surface area (Å²) in [5, 5.41) is 11.8. The lowest BCUT2D eigenvalue weighted by atomic mass is 10.2. The monoisotopic (exact) mass is 279 g/mol. The van der Waals surface area contributed by atoms with Crippen molar-refractivity contribution in [1.82, 2.24) is 4.90 Å². The molecule has 2 aromatic carbocycles. The Bertz CT molecular complexity index is 647. The zero-order valence-electron chi connectivity index (χ0n) is 11.9. The molecule has 0 radical (unpaired) electrons. The molecule has 1 N–H and O–H groups in total. The number of likely N-dealkylation sites (N-methyl/N-ethyl adjacent to an activating group) is 1. The van der Waals surface area contributed by atoms with Gasteiger partial charge in [-0.05, 0) is 24.7 Å². The lowest BCUT2D eigenvalue weighted by Gasteiger charge is -2.16. The van der Waals surface area contributed by atoms with Crippen LogP contribution in [0.25, 0.3) is 0 Å². The second kappa shape index (κ2) is 7.22. The maximum Gasteiger partial charge on any atom is 0.238 e. The maximum absolute atomic E-state index is 12.0. The number of nitrogens with one attached hydrogen (secondary N) is 1. The van der Waals surface area contributed by atoms with E-state index in [1.54, 1.807) is 24.3 Å². The Morgan fingerprint density at radius 2 is 1.81 bits per heavy atom. The Kier molecular flexibility index (Phi) is 5.08. The lowest BCUT2D eigenvalue weighted by Crippen LogP contribution is -2.30. The van der Waals surface area contributed by atoms with Crippen LogP contribution < -0.4 is 5.32 Å². The number of hydrogen-bond donors (Lipinski definition) is 1. The van der Waals surface area contributed by atoms with Gasteiger partial charge in [-0.2, -0.15) is 5.26 Å². The molecule has 0 unspecified atom stereocenters. The standard InChI is InChI=1S/C17H17N3O/c1-20(12-14-7-3-2-4-8-14)13-17(21)19-16-10-6-5-9-15(16)11-18/h2-10H,12-13H2,1H3,(H,19,21). The lowest BCUT2D eigenvalue weighted by molar-refractivity contribution is -0.117. The number of amides is 1. The molecule has 0 spiro atoms. The molecule has 0 aromatic heterocycles. The Morgan fingerprint density at radius 3 is 2.52 bits per heavy atom. The minimum Gasteiger partial charge on any atom is -0.324 e. The van der Waals surface area contributed by atoms with Gasteiger partial charge in [-0.3, -0.25) is 9.69 Å². The highest BCUT2D eigenvalue weighted by atomic mass is 16.2. The van der Waals surface area contributed by atoms with Crippen molar-refractivity contribution in [1.29, 1.82) is 5.26 Å². The highest BCUT2D eigenvalue weighted by molar-refractivity contribution is 5.93. The fourth-order valence-electron chi connectivity index (χ4n) is 2.08. The van der Waals surface area contributed by atoms with Gasteiger partial charge in [0.25, 0.3) is 0 Å². The first-order valence-electron chi connectivity index (χ1n) is 6.70.